The number of rotatable bonds is 2. The lowest BCUT2D eigenvalue weighted by atomic mass is 10.3. The maximum Gasteiger partial charge on any atom is 0.264 e. The molecule has 0 spiro atoms. The molecule has 76 valence electrons. The number of anilines is 1. The van der Waals surface area contributed by atoms with E-state index in [1.807, 2.05) is 0 Å². The molecule has 2 aromatic heterocycles. The number of hydrogen-bond donors (Lipinski definition) is 3. The quantitative estimate of drug-likeness (QED) is 0.628. The van der Waals surface area contributed by atoms with Crippen molar-refractivity contribution in [1.29, 1.82) is 0 Å². The van der Waals surface area contributed by atoms with Crippen LogP contribution in [0.1, 0.15) is 10.4 Å². The van der Waals surface area contributed by atoms with Crippen LogP contribution in [-0.4, -0.2) is 26.3 Å². The second-order valence-electron chi connectivity index (χ2n) is 2.75. The van der Waals surface area contributed by atoms with Gasteiger partial charge in [-0.25, -0.2) is 5.10 Å². The third-order valence-electron chi connectivity index (χ3n) is 1.68. The predicted octanol–water partition coefficient (Wildman–Crippen LogP) is -0.255. The van der Waals surface area contributed by atoms with Crippen molar-refractivity contribution < 1.29 is 4.79 Å². The van der Waals surface area contributed by atoms with E-state index in [4.69, 9.17) is 0 Å². The monoisotopic (exact) mass is 205 g/mol. The van der Waals surface area contributed by atoms with Gasteiger partial charge in [-0.1, -0.05) is 0 Å². The summed E-state index contributed by atoms with van der Waals surface area (Å²) in [6.45, 7) is 0. The molecule has 7 heteroatoms. The van der Waals surface area contributed by atoms with Crippen LogP contribution in [0.25, 0.3) is 0 Å². The van der Waals surface area contributed by atoms with Crippen LogP contribution < -0.4 is 10.9 Å². The molecule has 0 aliphatic carbocycles. The van der Waals surface area contributed by atoms with Crippen LogP contribution >= 0.6 is 0 Å². The molecule has 0 aliphatic rings. The van der Waals surface area contributed by atoms with Crippen LogP contribution in [0, 0.1) is 0 Å². The number of amides is 1. The summed E-state index contributed by atoms with van der Waals surface area (Å²) in [6, 6.07) is 2.69. The molecule has 0 unspecified atom stereocenters. The Hall–Kier alpha value is -2.44. The van der Waals surface area contributed by atoms with Crippen LogP contribution in [0.5, 0.6) is 0 Å². The molecule has 15 heavy (non-hydrogen) atoms. The van der Waals surface area contributed by atoms with E-state index in [-0.39, 0.29) is 17.3 Å². The normalized spacial score (nSPS) is 9.87. The third-order valence-corrected chi connectivity index (χ3v) is 1.68. The Kier molecular flexibility index (Phi) is 2.28. The minimum atomic E-state index is -0.344. The van der Waals surface area contributed by atoms with Crippen molar-refractivity contribution in [2.24, 2.45) is 0 Å². The highest BCUT2D eigenvalue weighted by atomic mass is 16.2. The van der Waals surface area contributed by atoms with E-state index in [0.717, 1.165) is 0 Å². The van der Waals surface area contributed by atoms with Crippen LogP contribution in [-0.2, 0) is 0 Å². The number of hydrogen-bond acceptors (Lipinski definition) is 4. The van der Waals surface area contributed by atoms with Gasteiger partial charge in [0.05, 0.1) is 11.8 Å². The molecule has 0 atom stereocenters. The highest BCUT2D eigenvalue weighted by Crippen LogP contribution is 2.01. The lowest BCUT2D eigenvalue weighted by molar-refractivity contribution is 0.102. The Morgan fingerprint density at radius 2 is 2.27 bits per heavy atom. The average molecular weight is 205 g/mol. The van der Waals surface area contributed by atoms with Crippen LogP contribution in [0.3, 0.4) is 0 Å². The Bertz CT molecular complexity index is 496. The summed E-state index contributed by atoms with van der Waals surface area (Å²) in [5.41, 5.74) is 0.0688. The largest absolute Gasteiger partial charge is 0.305 e. The van der Waals surface area contributed by atoms with Gasteiger partial charge in [0.15, 0.2) is 5.82 Å². The Labute approximate surface area is 83.5 Å². The number of carbonyl (C=O) groups excluding carboxylic acids is 1. The molecular formula is C8H7N5O2. The molecule has 2 rings (SSSR count). The molecule has 3 N–H and O–H groups in total. The van der Waals surface area contributed by atoms with E-state index >= 15 is 0 Å². The van der Waals surface area contributed by atoms with Crippen molar-refractivity contribution in [2.45, 2.75) is 0 Å². The minimum absolute atomic E-state index is 0.279. The van der Waals surface area contributed by atoms with E-state index in [1.165, 1.54) is 24.5 Å². The molecular weight excluding hydrogens is 198 g/mol. The van der Waals surface area contributed by atoms with E-state index in [2.05, 4.69) is 25.7 Å². The SMILES string of the molecule is O=C(Nc1ccc(=O)[nH]n1)c1cn[nH]c1. The highest BCUT2D eigenvalue weighted by molar-refractivity contribution is 6.03. The summed E-state index contributed by atoms with van der Waals surface area (Å²) in [7, 11) is 0. The summed E-state index contributed by atoms with van der Waals surface area (Å²) >= 11 is 0. The van der Waals surface area contributed by atoms with Crippen molar-refractivity contribution in [3.63, 3.8) is 0 Å². The van der Waals surface area contributed by atoms with Crippen LogP contribution in [0.15, 0.2) is 29.3 Å². The fourth-order valence-electron chi connectivity index (χ4n) is 0.978. The van der Waals surface area contributed by atoms with Gasteiger partial charge in [-0.15, -0.1) is 0 Å². The van der Waals surface area contributed by atoms with Gasteiger partial charge in [0.1, 0.15) is 0 Å². The molecule has 0 saturated carbocycles. The van der Waals surface area contributed by atoms with Crippen molar-refractivity contribution in [1.82, 2.24) is 20.4 Å². The van der Waals surface area contributed by atoms with Crippen LogP contribution in [0.4, 0.5) is 5.82 Å². The van der Waals surface area contributed by atoms with Crippen molar-refractivity contribution in [2.75, 3.05) is 5.32 Å². The smallest absolute Gasteiger partial charge is 0.264 e. The fourth-order valence-corrected chi connectivity index (χ4v) is 0.978. The summed E-state index contributed by atoms with van der Waals surface area (Å²) in [4.78, 5) is 22.1. The second kappa shape index (κ2) is 3.74. The summed E-state index contributed by atoms with van der Waals surface area (Å²) in [6.07, 6.45) is 2.85. The van der Waals surface area contributed by atoms with Gasteiger partial charge in [0.2, 0.25) is 0 Å². The molecule has 0 saturated heterocycles. The Morgan fingerprint density at radius 3 is 2.87 bits per heavy atom. The van der Waals surface area contributed by atoms with E-state index < -0.39 is 0 Å². The number of H-pyrrole nitrogens is 2. The van der Waals surface area contributed by atoms with Gasteiger partial charge in [-0.05, 0) is 6.07 Å². The average Bonchev–Trinajstić information content (AvgIpc) is 2.74. The molecule has 0 fully saturated rings. The molecule has 7 nitrogen and oxygen atoms in total. The zero-order valence-electron chi connectivity index (χ0n) is 7.52. The predicted molar refractivity (Wildman–Crippen MR) is 51.4 cm³/mol. The minimum Gasteiger partial charge on any atom is -0.305 e. The zero-order chi connectivity index (χ0) is 10.7. The lowest BCUT2D eigenvalue weighted by Crippen LogP contribution is -2.15. The lowest BCUT2D eigenvalue weighted by Gasteiger charge is -1.99. The number of aromatic amines is 2. The summed E-state index contributed by atoms with van der Waals surface area (Å²) in [5.74, 6) is -0.0656. The number of nitrogens with one attached hydrogen (secondary N) is 3. The topological polar surface area (TPSA) is 104 Å². The maximum atomic E-state index is 11.5. The zero-order valence-corrected chi connectivity index (χ0v) is 7.52. The fraction of sp³-hybridized carbons (Fsp3) is 0. The maximum absolute atomic E-state index is 11.5. The van der Waals surface area contributed by atoms with Gasteiger partial charge >= 0.3 is 0 Å². The summed E-state index contributed by atoms with van der Waals surface area (Å²) < 4.78 is 0. The van der Waals surface area contributed by atoms with Gasteiger partial charge in [0.25, 0.3) is 11.5 Å². The molecule has 2 heterocycles. The summed E-state index contributed by atoms with van der Waals surface area (Å²) in [5, 5.41) is 14.5. The number of aromatic nitrogens is 4. The van der Waals surface area contributed by atoms with E-state index in [0.29, 0.717) is 5.56 Å². The molecule has 2 aromatic rings. The Balaban J connectivity index is 2.13. The van der Waals surface area contributed by atoms with Gasteiger partial charge in [-0.3, -0.25) is 14.7 Å². The highest BCUT2D eigenvalue weighted by Gasteiger charge is 2.07. The van der Waals surface area contributed by atoms with Crippen molar-refractivity contribution >= 4 is 11.7 Å². The number of nitrogens with zero attached hydrogens (tertiary/aromatic N) is 2. The molecule has 0 aliphatic heterocycles. The van der Waals surface area contributed by atoms with Gasteiger partial charge in [0, 0.05) is 12.3 Å². The first-order valence-corrected chi connectivity index (χ1v) is 4.11. The first kappa shape index (κ1) is 9.13. The molecule has 0 bridgehead atoms. The Morgan fingerprint density at radius 1 is 1.40 bits per heavy atom. The molecule has 1 amide bonds. The molecule has 0 radical (unpaired) electrons. The van der Waals surface area contributed by atoms with Gasteiger partial charge < -0.3 is 5.32 Å². The van der Waals surface area contributed by atoms with E-state index in [9.17, 15) is 9.59 Å². The van der Waals surface area contributed by atoms with Crippen molar-refractivity contribution in [3.05, 3.63) is 40.4 Å². The second-order valence-corrected chi connectivity index (χ2v) is 2.75. The van der Waals surface area contributed by atoms with Crippen molar-refractivity contribution in [3.8, 4) is 0 Å². The van der Waals surface area contributed by atoms with Crippen LogP contribution in [0.2, 0.25) is 0 Å². The molecule has 0 aromatic carbocycles. The third kappa shape index (κ3) is 2.08. The number of carbonyl (C=O) groups is 1. The van der Waals surface area contributed by atoms with E-state index in [1.54, 1.807) is 0 Å². The van der Waals surface area contributed by atoms with Gasteiger partial charge in [-0.2, -0.15) is 10.2 Å². The first-order valence-electron chi connectivity index (χ1n) is 4.11. The first-order chi connectivity index (χ1) is 7.25. The standard InChI is InChI=1S/C8H7N5O2/c14-7-2-1-6(12-13-7)11-8(15)5-3-9-10-4-5/h1-4H,(H,9,10)(H,13,14)(H,11,12,15).